The Hall–Kier alpha value is -3.51. The molecule has 0 bridgehead atoms. The summed E-state index contributed by atoms with van der Waals surface area (Å²) in [5.41, 5.74) is 5.06. The molecular weight excluding hydrogens is 524 g/mol. The van der Waals surface area contributed by atoms with E-state index in [4.69, 9.17) is 28.9 Å². The summed E-state index contributed by atoms with van der Waals surface area (Å²) in [5.74, 6) is -0.747. The lowest BCUT2D eigenvalue weighted by Gasteiger charge is -2.20. The number of aromatic nitrogens is 3. The monoisotopic (exact) mass is 544 g/mol. The van der Waals surface area contributed by atoms with Crippen molar-refractivity contribution in [3.05, 3.63) is 74.6 Å². The van der Waals surface area contributed by atoms with Gasteiger partial charge in [0.2, 0.25) is 5.91 Å². The van der Waals surface area contributed by atoms with Gasteiger partial charge in [0.1, 0.15) is 6.54 Å². The second kappa shape index (κ2) is 11.5. The molecular formula is C22H21Cl2F3N6O3. The summed E-state index contributed by atoms with van der Waals surface area (Å²) in [6.07, 6.45) is -5.77. The van der Waals surface area contributed by atoms with Gasteiger partial charge in [-0.3, -0.25) is 9.36 Å². The van der Waals surface area contributed by atoms with Gasteiger partial charge >= 0.3 is 17.9 Å². The summed E-state index contributed by atoms with van der Waals surface area (Å²) in [4.78, 5) is 36.9. The summed E-state index contributed by atoms with van der Waals surface area (Å²) >= 11 is 12.1. The van der Waals surface area contributed by atoms with E-state index in [1.165, 1.54) is 24.3 Å². The second-order valence-electron chi connectivity index (χ2n) is 7.67. The molecule has 4 N–H and O–H groups in total. The predicted octanol–water partition coefficient (Wildman–Crippen LogP) is 3.50. The Labute approximate surface area is 213 Å². The molecule has 3 aromatic rings. The van der Waals surface area contributed by atoms with Gasteiger partial charge < -0.3 is 16.4 Å². The van der Waals surface area contributed by atoms with Gasteiger partial charge in [-0.15, -0.1) is 5.10 Å². The highest BCUT2D eigenvalue weighted by molar-refractivity contribution is 6.31. The van der Waals surface area contributed by atoms with Crippen LogP contribution < -0.4 is 22.1 Å². The van der Waals surface area contributed by atoms with Gasteiger partial charge in [0.15, 0.2) is 5.82 Å². The molecule has 1 atom stereocenters. The first-order valence-corrected chi connectivity index (χ1v) is 11.3. The molecule has 0 spiro atoms. The van der Waals surface area contributed by atoms with Crippen molar-refractivity contribution < 1.29 is 22.8 Å². The largest absolute Gasteiger partial charge is 0.390 e. The zero-order valence-electron chi connectivity index (χ0n) is 18.6. The van der Waals surface area contributed by atoms with Gasteiger partial charge in [0.25, 0.3) is 0 Å². The van der Waals surface area contributed by atoms with Crippen molar-refractivity contribution in [3.63, 3.8) is 0 Å². The maximum absolute atomic E-state index is 12.9. The fraction of sp³-hybridized carbons (Fsp3) is 0.273. The van der Waals surface area contributed by atoms with Crippen LogP contribution in [0.3, 0.4) is 0 Å². The molecule has 192 valence electrons. The van der Waals surface area contributed by atoms with E-state index in [0.717, 1.165) is 9.25 Å². The predicted molar refractivity (Wildman–Crippen MR) is 128 cm³/mol. The number of nitrogens with zero attached hydrogens (tertiary/aromatic N) is 3. The van der Waals surface area contributed by atoms with Crippen LogP contribution in [0.2, 0.25) is 10.0 Å². The fourth-order valence-electron chi connectivity index (χ4n) is 3.37. The molecule has 0 saturated heterocycles. The summed E-state index contributed by atoms with van der Waals surface area (Å²) in [7, 11) is 0. The van der Waals surface area contributed by atoms with Gasteiger partial charge in [-0.2, -0.15) is 13.2 Å². The third kappa shape index (κ3) is 7.25. The standard InChI is InChI=1S/C22H21Cl2F3N6O3/c23-14-7-5-13(6-8-14)19-31-33(21(36)32(19)10-9-22(25,26)27)12-18(34)30-17(11-29-20(28)35)15-3-1-2-4-16(15)24/h1-8,17H,9-12H2,(H,30,34)(H3,28,29,35). The summed E-state index contributed by atoms with van der Waals surface area (Å²) in [6, 6.07) is 10.9. The van der Waals surface area contributed by atoms with E-state index in [2.05, 4.69) is 15.7 Å². The molecule has 36 heavy (non-hydrogen) atoms. The number of amides is 3. The minimum absolute atomic E-state index is 0.0493. The smallest absolute Gasteiger partial charge is 0.352 e. The number of halogens is 5. The molecule has 0 radical (unpaired) electrons. The molecule has 1 aromatic heterocycles. The van der Waals surface area contributed by atoms with Crippen LogP contribution in [0.4, 0.5) is 18.0 Å². The van der Waals surface area contributed by atoms with Crippen LogP contribution in [0.25, 0.3) is 11.4 Å². The quantitative estimate of drug-likeness (QED) is 0.381. The highest BCUT2D eigenvalue weighted by Gasteiger charge is 2.29. The summed E-state index contributed by atoms with van der Waals surface area (Å²) in [5, 5.41) is 9.82. The molecule has 9 nitrogen and oxygen atoms in total. The number of hydrogen-bond donors (Lipinski definition) is 3. The molecule has 2 aromatic carbocycles. The van der Waals surface area contributed by atoms with Crippen LogP contribution in [0.1, 0.15) is 18.0 Å². The van der Waals surface area contributed by atoms with Crippen LogP contribution in [-0.4, -0.2) is 39.0 Å². The van der Waals surface area contributed by atoms with Crippen molar-refractivity contribution in [2.24, 2.45) is 5.73 Å². The van der Waals surface area contributed by atoms with Crippen molar-refractivity contribution in [1.82, 2.24) is 25.0 Å². The topological polar surface area (TPSA) is 124 Å². The lowest BCUT2D eigenvalue weighted by atomic mass is 10.1. The number of hydrogen-bond acceptors (Lipinski definition) is 4. The van der Waals surface area contributed by atoms with Crippen LogP contribution in [-0.2, 0) is 17.9 Å². The van der Waals surface area contributed by atoms with Crippen molar-refractivity contribution in [1.29, 1.82) is 0 Å². The van der Waals surface area contributed by atoms with E-state index in [-0.39, 0.29) is 12.4 Å². The Morgan fingerprint density at radius 2 is 1.75 bits per heavy atom. The van der Waals surface area contributed by atoms with Crippen molar-refractivity contribution in [2.75, 3.05) is 6.54 Å². The first kappa shape index (κ1) is 27.1. The van der Waals surface area contributed by atoms with Crippen molar-refractivity contribution in [3.8, 4) is 11.4 Å². The Kier molecular flexibility index (Phi) is 8.64. The Balaban J connectivity index is 1.88. The normalized spacial score (nSPS) is 12.2. The molecule has 0 aliphatic heterocycles. The van der Waals surface area contributed by atoms with Gasteiger partial charge in [-0.25, -0.2) is 14.3 Å². The molecule has 1 unspecified atom stereocenters. The molecule has 0 fully saturated rings. The zero-order chi connectivity index (χ0) is 26.5. The average molecular weight is 545 g/mol. The molecule has 0 saturated carbocycles. The first-order valence-electron chi connectivity index (χ1n) is 10.5. The number of alkyl halides is 3. The number of carbonyl (C=O) groups excluding carboxylic acids is 2. The van der Waals surface area contributed by atoms with Crippen LogP contribution in [0, 0.1) is 0 Å². The van der Waals surface area contributed by atoms with E-state index in [9.17, 15) is 27.6 Å². The molecule has 14 heteroatoms. The number of primary amides is 1. The van der Waals surface area contributed by atoms with E-state index in [0.29, 0.717) is 21.2 Å². The number of nitrogens with one attached hydrogen (secondary N) is 2. The zero-order valence-corrected chi connectivity index (χ0v) is 20.1. The van der Waals surface area contributed by atoms with Gasteiger partial charge in [0, 0.05) is 28.7 Å². The number of benzene rings is 2. The van der Waals surface area contributed by atoms with E-state index < -0.39 is 49.4 Å². The average Bonchev–Trinajstić information content (AvgIpc) is 3.10. The van der Waals surface area contributed by atoms with Crippen LogP contribution >= 0.6 is 23.2 Å². The second-order valence-corrected chi connectivity index (χ2v) is 8.52. The van der Waals surface area contributed by atoms with Gasteiger partial charge in [-0.05, 0) is 35.9 Å². The molecule has 1 heterocycles. The first-order chi connectivity index (χ1) is 16.9. The lowest BCUT2D eigenvalue weighted by molar-refractivity contribution is -0.136. The highest BCUT2D eigenvalue weighted by Crippen LogP contribution is 2.24. The highest BCUT2D eigenvalue weighted by atomic mass is 35.5. The third-order valence-corrected chi connectivity index (χ3v) is 5.63. The maximum atomic E-state index is 12.9. The minimum atomic E-state index is -4.51. The van der Waals surface area contributed by atoms with E-state index in [1.807, 2.05) is 0 Å². The fourth-order valence-corrected chi connectivity index (χ4v) is 3.77. The molecule has 3 amide bonds. The third-order valence-electron chi connectivity index (χ3n) is 5.03. The number of carbonyl (C=O) groups is 2. The van der Waals surface area contributed by atoms with Gasteiger partial charge in [-0.1, -0.05) is 41.4 Å². The van der Waals surface area contributed by atoms with Crippen molar-refractivity contribution in [2.45, 2.75) is 31.7 Å². The summed E-state index contributed by atoms with van der Waals surface area (Å²) < 4.78 is 40.2. The minimum Gasteiger partial charge on any atom is -0.352 e. The van der Waals surface area contributed by atoms with Crippen LogP contribution in [0.15, 0.2) is 53.3 Å². The molecule has 0 aliphatic rings. The number of urea groups is 1. The Morgan fingerprint density at radius 1 is 1.08 bits per heavy atom. The van der Waals surface area contributed by atoms with Crippen LogP contribution in [0.5, 0.6) is 0 Å². The molecule has 0 aliphatic carbocycles. The Bertz CT molecular complexity index is 1290. The SMILES string of the molecule is NC(=O)NCC(NC(=O)Cn1nc(-c2ccc(Cl)cc2)n(CCC(F)(F)F)c1=O)c1ccccc1Cl. The number of nitrogens with two attached hydrogens (primary N) is 1. The van der Waals surface area contributed by atoms with Crippen molar-refractivity contribution >= 4 is 35.1 Å². The van der Waals surface area contributed by atoms with E-state index in [1.54, 1.807) is 24.3 Å². The lowest BCUT2D eigenvalue weighted by Crippen LogP contribution is -2.42. The number of rotatable bonds is 9. The Morgan fingerprint density at radius 3 is 2.36 bits per heavy atom. The molecule has 3 rings (SSSR count). The van der Waals surface area contributed by atoms with Gasteiger partial charge in [0.05, 0.1) is 12.5 Å². The summed E-state index contributed by atoms with van der Waals surface area (Å²) in [6.45, 7) is -1.39. The van der Waals surface area contributed by atoms with E-state index >= 15 is 0 Å². The maximum Gasteiger partial charge on any atom is 0.390 e.